The van der Waals surface area contributed by atoms with Gasteiger partial charge < -0.3 is 0 Å². The van der Waals surface area contributed by atoms with Crippen LogP contribution >= 0.6 is 11.6 Å². The summed E-state index contributed by atoms with van der Waals surface area (Å²) in [5.41, 5.74) is 5.09. The van der Waals surface area contributed by atoms with Crippen LogP contribution in [0.2, 0.25) is 5.15 Å². The average molecular weight is 469 g/mol. The van der Waals surface area contributed by atoms with Crippen molar-refractivity contribution in [2.24, 2.45) is 0 Å². The summed E-state index contributed by atoms with van der Waals surface area (Å²) in [4.78, 5) is 38.0. The lowest BCUT2D eigenvalue weighted by Gasteiger charge is -2.11. The van der Waals surface area contributed by atoms with Gasteiger partial charge in [-0.05, 0) is 44.2 Å². The summed E-state index contributed by atoms with van der Waals surface area (Å²) in [5.74, 6) is -1.83. The molecule has 2 amide bonds. The molecule has 4 rings (SSSR count). The molecule has 0 aliphatic heterocycles. The van der Waals surface area contributed by atoms with E-state index in [1.54, 1.807) is 38.1 Å². The van der Waals surface area contributed by atoms with Crippen molar-refractivity contribution in [2.75, 3.05) is 0 Å². The largest absolute Gasteiger partial charge is 0.290 e. The predicted molar refractivity (Wildman–Crippen MR) is 120 cm³/mol. The molecule has 0 atom stereocenters. The minimum atomic E-state index is -0.707. The molecule has 2 N–H and O–H groups in total. The molecule has 0 unspecified atom stereocenters. The first kappa shape index (κ1) is 22.2. The summed E-state index contributed by atoms with van der Waals surface area (Å²) >= 11 is 6.35. The van der Waals surface area contributed by atoms with Gasteiger partial charge in [0.05, 0.1) is 16.8 Å². The van der Waals surface area contributed by atoms with Gasteiger partial charge in [0, 0.05) is 11.9 Å². The summed E-state index contributed by atoms with van der Waals surface area (Å²) in [7, 11) is 0. The fourth-order valence-electron chi connectivity index (χ4n) is 3.36. The number of fused-ring (bicyclic) bond motifs is 1. The molecular weight excluding hydrogens is 451 g/mol. The molecule has 168 valence electrons. The number of carbonyl (C=O) groups excluding carboxylic acids is 2. The Morgan fingerprint density at radius 2 is 1.64 bits per heavy atom. The third-order valence-electron chi connectivity index (χ3n) is 4.97. The van der Waals surface area contributed by atoms with Crippen molar-refractivity contribution in [1.29, 1.82) is 0 Å². The van der Waals surface area contributed by atoms with Crippen LogP contribution in [0.4, 0.5) is 4.39 Å². The van der Waals surface area contributed by atoms with E-state index in [0.29, 0.717) is 22.2 Å². The summed E-state index contributed by atoms with van der Waals surface area (Å²) in [6.07, 6.45) is 0. The Morgan fingerprint density at radius 3 is 2.30 bits per heavy atom. The van der Waals surface area contributed by atoms with Gasteiger partial charge in [-0.25, -0.2) is 13.8 Å². The van der Waals surface area contributed by atoms with Gasteiger partial charge in [0.15, 0.2) is 5.69 Å². The molecule has 2 heterocycles. The van der Waals surface area contributed by atoms with Gasteiger partial charge in [-0.1, -0.05) is 29.8 Å². The summed E-state index contributed by atoms with van der Waals surface area (Å²) in [5, 5.41) is 9.04. The van der Waals surface area contributed by atoms with Crippen molar-refractivity contribution in [2.45, 2.75) is 20.4 Å². The lowest BCUT2D eigenvalue weighted by atomic mass is 10.1. The number of benzene rings is 2. The molecule has 2 aromatic heterocycles. The fourth-order valence-corrected chi connectivity index (χ4v) is 3.72. The maximum absolute atomic E-state index is 13.2. The molecule has 0 saturated carbocycles. The summed E-state index contributed by atoms with van der Waals surface area (Å²) in [6, 6.07) is 12.0. The average Bonchev–Trinajstić information content (AvgIpc) is 3.12. The molecule has 0 spiro atoms. The van der Waals surface area contributed by atoms with Crippen molar-refractivity contribution >= 4 is 34.2 Å². The van der Waals surface area contributed by atoms with E-state index in [0.717, 1.165) is 0 Å². The van der Waals surface area contributed by atoms with E-state index >= 15 is 0 Å². The number of rotatable bonds is 4. The molecule has 11 heteroatoms. The first-order valence-corrected chi connectivity index (χ1v) is 10.3. The first-order chi connectivity index (χ1) is 15.8. The van der Waals surface area contributed by atoms with E-state index in [2.05, 4.69) is 21.0 Å². The van der Waals surface area contributed by atoms with E-state index in [9.17, 15) is 18.8 Å². The van der Waals surface area contributed by atoms with Gasteiger partial charge in [0.1, 0.15) is 16.5 Å². The zero-order chi connectivity index (χ0) is 23.7. The van der Waals surface area contributed by atoms with Crippen LogP contribution in [0.15, 0.2) is 53.3 Å². The lowest BCUT2D eigenvalue weighted by Crippen LogP contribution is -2.43. The van der Waals surface area contributed by atoms with Crippen LogP contribution in [0, 0.1) is 12.7 Å². The highest BCUT2D eigenvalue weighted by molar-refractivity contribution is 6.33. The quantitative estimate of drug-likeness (QED) is 0.447. The Labute approximate surface area is 191 Å². The van der Waals surface area contributed by atoms with Crippen LogP contribution in [0.25, 0.3) is 16.5 Å². The maximum Gasteiger partial charge on any atom is 0.290 e. The van der Waals surface area contributed by atoms with Gasteiger partial charge in [-0.15, -0.1) is 0 Å². The van der Waals surface area contributed by atoms with Crippen molar-refractivity contribution in [3.63, 3.8) is 0 Å². The smallest absolute Gasteiger partial charge is 0.267 e. The zero-order valence-corrected chi connectivity index (χ0v) is 18.4. The Hall–Kier alpha value is -4.05. The Morgan fingerprint density at radius 1 is 1.00 bits per heavy atom. The lowest BCUT2D eigenvalue weighted by molar-refractivity contribution is 0.0843. The third kappa shape index (κ3) is 4.08. The molecule has 33 heavy (non-hydrogen) atoms. The first-order valence-electron chi connectivity index (χ1n) is 9.93. The van der Waals surface area contributed by atoms with Crippen molar-refractivity contribution in [3.05, 3.63) is 86.8 Å². The van der Waals surface area contributed by atoms with E-state index in [-0.39, 0.29) is 28.5 Å². The number of carbonyl (C=O) groups is 2. The molecule has 0 aliphatic rings. The SMILES string of the molecule is CCn1nc(C(=O)NNC(=O)c2c(C)nn(-c3ccc(F)cc3)c2Cl)c2ccccc2c1=O. The number of halogens is 2. The summed E-state index contributed by atoms with van der Waals surface area (Å²) in [6.45, 7) is 3.58. The van der Waals surface area contributed by atoms with E-state index in [4.69, 9.17) is 11.6 Å². The Bertz CT molecular complexity index is 1450. The predicted octanol–water partition coefficient (Wildman–Crippen LogP) is 2.78. The van der Waals surface area contributed by atoms with Crippen LogP contribution in [0.5, 0.6) is 0 Å². The zero-order valence-electron chi connectivity index (χ0n) is 17.6. The second-order valence-corrected chi connectivity index (χ2v) is 7.42. The van der Waals surface area contributed by atoms with Gasteiger partial charge in [0.2, 0.25) is 0 Å². The minimum absolute atomic E-state index is 0.00559. The molecule has 0 radical (unpaired) electrons. The Kier molecular flexibility index (Phi) is 5.93. The number of amides is 2. The third-order valence-corrected chi connectivity index (χ3v) is 5.32. The number of nitrogens with zero attached hydrogens (tertiary/aromatic N) is 4. The number of hydrogen-bond donors (Lipinski definition) is 2. The van der Waals surface area contributed by atoms with E-state index in [1.165, 1.54) is 33.6 Å². The van der Waals surface area contributed by atoms with Crippen LogP contribution < -0.4 is 16.4 Å². The fraction of sp³-hybridized carbons (Fsp3) is 0.136. The second-order valence-electron chi connectivity index (χ2n) is 7.06. The molecule has 0 saturated heterocycles. The van der Waals surface area contributed by atoms with Gasteiger partial charge in [0.25, 0.3) is 17.4 Å². The van der Waals surface area contributed by atoms with Crippen molar-refractivity contribution < 1.29 is 14.0 Å². The highest BCUT2D eigenvalue weighted by atomic mass is 35.5. The normalized spacial score (nSPS) is 10.9. The van der Waals surface area contributed by atoms with Crippen LogP contribution in [0.1, 0.15) is 33.5 Å². The minimum Gasteiger partial charge on any atom is -0.267 e. The molecule has 9 nitrogen and oxygen atoms in total. The monoisotopic (exact) mass is 468 g/mol. The molecule has 4 aromatic rings. The number of hydrazine groups is 1. The topological polar surface area (TPSA) is 111 Å². The molecule has 0 aliphatic carbocycles. The second kappa shape index (κ2) is 8.83. The number of hydrogen-bond acceptors (Lipinski definition) is 5. The highest BCUT2D eigenvalue weighted by Gasteiger charge is 2.23. The Balaban J connectivity index is 1.59. The maximum atomic E-state index is 13.2. The van der Waals surface area contributed by atoms with Gasteiger partial charge >= 0.3 is 0 Å². The van der Waals surface area contributed by atoms with Crippen LogP contribution in [0.3, 0.4) is 0 Å². The van der Waals surface area contributed by atoms with Crippen LogP contribution in [-0.2, 0) is 6.54 Å². The standard InChI is InChI=1S/C22H18ClFN6O3/c1-3-29-22(33)16-7-5-4-6-15(16)18(28-29)21(32)26-25-20(31)17-12(2)27-30(19(17)23)14-10-8-13(24)9-11-14/h4-11H,3H2,1-2H3,(H,25,31)(H,26,32). The van der Waals surface area contributed by atoms with Crippen LogP contribution in [-0.4, -0.2) is 31.4 Å². The molecule has 0 bridgehead atoms. The number of nitrogens with one attached hydrogen (secondary N) is 2. The van der Waals surface area contributed by atoms with Gasteiger partial charge in [-0.2, -0.15) is 10.2 Å². The molecular formula is C22H18ClFN6O3. The summed E-state index contributed by atoms with van der Waals surface area (Å²) < 4.78 is 15.7. The molecule has 0 fully saturated rings. The number of aromatic nitrogens is 4. The van der Waals surface area contributed by atoms with Crippen molar-refractivity contribution in [1.82, 2.24) is 30.4 Å². The van der Waals surface area contributed by atoms with E-state index < -0.39 is 17.6 Å². The highest BCUT2D eigenvalue weighted by Crippen LogP contribution is 2.23. The van der Waals surface area contributed by atoms with Crippen molar-refractivity contribution in [3.8, 4) is 5.69 Å². The van der Waals surface area contributed by atoms with E-state index in [1.807, 2.05) is 0 Å². The van der Waals surface area contributed by atoms with Gasteiger partial charge in [-0.3, -0.25) is 25.2 Å². The number of aryl methyl sites for hydroxylation is 2. The molecule has 2 aromatic carbocycles.